The first-order valence-electron chi connectivity index (χ1n) is 4.64. The number of hydrogen-bond acceptors (Lipinski definition) is 2. The van der Waals surface area contributed by atoms with Gasteiger partial charge in [0.2, 0.25) is 0 Å². The number of aliphatic hydroxyl groups is 1. The van der Waals surface area contributed by atoms with Crippen LogP contribution < -0.4 is 4.74 Å². The van der Waals surface area contributed by atoms with E-state index in [4.69, 9.17) is 4.74 Å². The molecule has 1 aromatic carbocycles. The van der Waals surface area contributed by atoms with Gasteiger partial charge < -0.3 is 9.84 Å². The average Bonchev–Trinajstić information content (AvgIpc) is 2.05. The molecule has 1 aliphatic heterocycles. The highest BCUT2D eigenvalue weighted by Crippen LogP contribution is 2.39. The van der Waals surface area contributed by atoms with E-state index in [-0.39, 0.29) is 11.4 Å². The number of fused-ring (bicyclic) bond motifs is 1. The van der Waals surface area contributed by atoms with Crippen LogP contribution in [0.4, 0.5) is 4.39 Å². The summed E-state index contributed by atoms with van der Waals surface area (Å²) in [5.74, 6) is 0.237. The van der Waals surface area contributed by atoms with Gasteiger partial charge in [-0.3, -0.25) is 0 Å². The molecule has 2 rings (SSSR count). The Balaban J connectivity index is 2.45. The van der Waals surface area contributed by atoms with E-state index in [1.54, 1.807) is 6.07 Å². The van der Waals surface area contributed by atoms with E-state index in [1.807, 2.05) is 13.8 Å². The van der Waals surface area contributed by atoms with Crippen LogP contribution in [0.15, 0.2) is 18.2 Å². The number of halogens is 1. The molecule has 0 saturated heterocycles. The second-order valence-electron chi connectivity index (χ2n) is 4.26. The fraction of sp³-hybridized carbons (Fsp3) is 0.455. The summed E-state index contributed by atoms with van der Waals surface area (Å²) in [6.07, 6.45) is -0.145. The number of aliphatic hydroxyl groups excluding tert-OH is 1. The van der Waals surface area contributed by atoms with Gasteiger partial charge in [0.25, 0.3) is 0 Å². The standard InChI is InChI=1S/C11H13FO2/c1-11(2)6-9(13)8-5-7(12)3-4-10(8)14-11/h3-5,9,13H,6H2,1-2H3. The first-order valence-corrected chi connectivity index (χ1v) is 4.64. The number of rotatable bonds is 0. The maximum Gasteiger partial charge on any atom is 0.126 e. The van der Waals surface area contributed by atoms with Crippen LogP contribution in [-0.2, 0) is 0 Å². The highest BCUT2D eigenvalue weighted by atomic mass is 19.1. The second-order valence-corrected chi connectivity index (χ2v) is 4.26. The van der Waals surface area contributed by atoms with Crippen molar-refractivity contribution in [3.05, 3.63) is 29.6 Å². The van der Waals surface area contributed by atoms with Crippen LogP contribution in [0.1, 0.15) is 31.9 Å². The summed E-state index contributed by atoms with van der Waals surface area (Å²) >= 11 is 0. The fourth-order valence-corrected chi connectivity index (χ4v) is 1.79. The monoisotopic (exact) mass is 196 g/mol. The minimum absolute atomic E-state index is 0.342. The van der Waals surface area contributed by atoms with Crippen LogP contribution in [-0.4, -0.2) is 10.7 Å². The lowest BCUT2D eigenvalue weighted by molar-refractivity contribution is 0.0112. The zero-order valence-electron chi connectivity index (χ0n) is 8.25. The number of benzene rings is 1. The largest absolute Gasteiger partial charge is 0.487 e. The molecule has 0 amide bonds. The maximum absolute atomic E-state index is 12.9. The molecule has 1 heterocycles. The molecule has 76 valence electrons. The van der Waals surface area contributed by atoms with Gasteiger partial charge in [-0.25, -0.2) is 4.39 Å². The first kappa shape index (κ1) is 9.46. The summed E-state index contributed by atoms with van der Waals surface area (Å²) in [5, 5.41) is 9.77. The van der Waals surface area contributed by atoms with Gasteiger partial charge in [0.05, 0.1) is 6.10 Å². The Labute approximate surface area is 82.3 Å². The summed E-state index contributed by atoms with van der Waals surface area (Å²) < 4.78 is 18.5. The zero-order valence-corrected chi connectivity index (χ0v) is 8.25. The van der Waals surface area contributed by atoms with Crippen LogP contribution in [0.5, 0.6) is 5.75 Å². The van der Waals surface area contributed by atoms with Crippen molar-refractivity contribution in [2.75, 3.05) is 0 Å². The molecule has 14 heavy (non-hydrogen) atoms. The molecule has 0 bridgehead atoms. The molecule has 2 nitrogen and oxygen atoms in total. The number of hydrogen-bond donors (Lipinski definition) is 1. The summed E-state index contributed by atoms with van der Waals surface area (Å²) in [4.78, 5) is 0. The molecule has 0 spiro atoms. The molecule has 0 aromatic heterocycles. The fourth-order valence-electron chi connectivity index (χ4n) is 1.79. The van der Waals surface area contributed by atoms with E-state index in [1.165, 1.54) is 12.1 Å². The predicted molar refractivity (Wildman–Crippen MR) is 50.7 cm³/mol. The van der Waals surface area contributed by atoms with Gasteiger partial charge in [0, 0.05) is 12.0 Å². The highest BCUT2D eigenvalue weighted by Gasteiger charge is 2.32. The van der Waals surface area contributed by atoms with Gasteiger partial charge in [0.15, 0.2) is 0 Å². The minimum atomic E-state index is -0.635. The Morgan fingerprint density at radius 2 is 2.21 bits per heavy atom. The highest BCUT2D eigenvalue weighted by molar-refractivity contribution is 5.38. The minimum Gasteiger partial charge on any atom is -0.487 e. The molecular formula is C11H13FO2. The maximum atomic E-state index is 12.9. The van der Waals surface area contributed by atoms with Gasteiger partial charge in [-0.05, 0) is 32.0 Å². The Kier molecular flexibility index (Phi) is 2.00. The second kappa shape index (κ2) is 2.95. The first-order chi connectivity index (χ1) is 6.48. The molecule has 3 heteroatoms. The Morgan fingerprint density at radius 3 is 2.93 bits per heavy atom. The summed E-state index contributed by atoms with van der Waals surface area (Å²) in [6.45, 7) is 3.81. The van der Waals surface area contributed by atoms with Gasteiger partial charge in [-0.2, -0.15) is 0 Å². The zero-order chi connectivity index (χ0) is 10.3. The molecule has 1 aliphatic rings. The van der Waals surface area contributed by atoms with E-state index in [2.05, 4.69) is 0 Å². The molecule has 1 aromatic rings. The van der Waals surface area contributed by atoms with Crippen LogP contribution in [0, 0.1) is 5.82 Å². The molecule has 1 unspecified atom stereocenters. The van der Waals surface area contributed by atoms with Crippen LogP contribution in [0.25, 0.3) is 0 Å². The third-order valence-corrected chi connectivity index (χ3v) is 2.40. The molecular weight excluding hydrogens is 183 g/mol. The normalized spacial score (nSPS) is 23.9. The molecule has 1 N–H and O–H groups in total. The molecule has 0 fully saturated rings. The molecule has 0 radical (unpaired) electrons. The third-order valence-electron chi connectivity index (χ3n) is 2.40. The Hall–Kier alpha value is -1.09. The van der Waals surface area contributed by atoms with Gasteiger partial charge in [-0.15, -0.1) is 0 Å². The van der Waals surface area contributed by atoms with E-state index < -0.39 is 6.10 Å². The lowest BCUT2D eigenvalue weighted by Gasteiger charge is -2.35. The summed E-state index contributed by atoms with van der Waals surface area (Å²) in [7, 11) is 0. The van der Waals surface area contributed by atoms with Crippen LogP contribution in [0.3, 0.4) is 0 Å². The van der Waals surface area contributed by atoms with Crippen molar-refractivity contribution in [3.63, 3.8) is 0 Å². The smallest absolute Gasteiger partial charge is 0.126 e. The van der Waals surface area contributed by atoms with Crippen molar-refractivity contribution >= 4 is 0 Å². The van der Waals surface area contributed by atoms with Crippen molar-refractivity contribution in [1.29, 1.82) is 0 Å². The van der Waals surface area contributed by atoms with E-state index in [0.717, 1.165) is 0 Å². The number of ether oxygens (including phenoxy) is 1. The topological polar surface area (TPSA) is 29.5 Å². The van der Waals surface area contributed by atoms with Gasteiger partial charge in [0.1, 0.15) is 17.2 Å². The van der Waals surface area contributed by atoms with E-state index >= 15 is 0 Å². The average molecular weight is 196 g/mol. The Bertz CT molecular complexity index is 360. The van der Waals surface area contributed by atoms with Crippen LogP contribution >= 0.6 is 0 Å². The lowest BCUT2D eigenvalue weighted by atomic mass is 9.92. The van der Waals surface area contributed by atoms with Crippen molar-refractivity contribution in [2.45, 2.75) is 32.0 Å². The quantitative estimate of drug-likeness (QED) is 0.690. The van der Waals surface area contributed by atoms with E-state index in [9.17, 15) is 9.50 Å². The van der Waals surface area contributed by atoms with Gasteiger partial charge >= 0.3 is 0 Å². The van der Waals surface area contributed by atoms with Crippen LogP contribution in [0.2, 0.25) is 0 Å². The summed E-state index contributed by atoms with van der Waals surface area (Å²) in [5.41, 5.74) is 0.161. The van der Waals surface area contributed by atoms with Crippen molar-refractivity contribution in [1.82, 2.24) is 0 Å². The molecule has 0 aliphatic carbocycles. The van der Waals surface area contributed by atoms with Gasteiger partial charge in [-0.1, -0.05) is 0 Å². The predicted octanol–water partition coefficient (Wildman–Crippen LogP) is 2.42. The van der Waals surface area contributed by atoms with Crippen molar-refractivity contribution in [3.8, 4) is 5.75 Å². The lowest BCUT2D eigenvalue weighted by Crippen LogP contribution is -2.34. The third kappa shape index (κ3) is 1.60. The van der Waals surface area contributed by atoms with Crippen molar-refractivity contribution < 1.29 is 14.2 Å². The van der Waals surface area contributed by atoms with E-state index in [0.29, 0.717) is 17.7 Å². The molecule has 1 atom stereocenters. The Morgan fingerprint density at radius 1 is 1.50 bits per heavy atom. The SMILES string of the molecule is CC1(C)CC(O)c2cc(F)ccc2O1. The van der Waals surface area contributed by atoms with Crippen molar-refractivity contribution in [2.24, 2.45) is 0 Å². The summed E-state index contributed by atoms with van der Waals surface area (Å²) in [6, 6.07) is 4.23. The molecule has 0 saturated carbocycles.